The third-order valence-electron chi connectivity index (χ3n) is 6.24. The van der Waals surface area contributed by atoms with Crippen LogP contribution >= 0.6 is 57.9 Å². The predicted octanol–water partition coefficient (Wildman–Crippen LogP) is 9.05. The van der Waals surface area contributed by atoms with E-state index in [2.05, 4.69) is 20.9 Å². The van der Waals surface area contributed by atoms with E-state index in [1.54, 1.807) is 78.2 Å². The Bertz CT molecular complexity index is 1930. The standard InChI is InChI=1S/C33H22Cl3FN4O3S2/c34-24-10-5-11-27(37)23(24)16-28(39-31(43)19-6-2-1-3-7-19)32(44)38-21-8-4-9-22(15-21)45-18-30(42)41-33-40-29(17-46-33)20-12-13-25(35)26(36)14-20/h1-17H,18H2,(H,38,44)(H,39,43)(H,40,41,42)/b28-16+. The van der Waals surface area contributed by atoms with Crippen molar-refractivity contribution >= 4 is 92.5 Å². The zero-order valence-corrected chi connectivity index (χ0v) is 27.4. The molecule has 3 amide bonds. The van der Waals surface area contributed by atoms with E-state index in [-0.39, 0.29) is 27.9 Å². The molecule has 7 nitrogen and oxygen atoms in total. The lowest BCUT2D eigenvalue weighted by Gasteiger charge is -2.13. The summed E-state index contributed by atoms with van der Waals surface area (Å²) in [4.78, 5) is 44.1. The Kier molecular flexibility index (Phi) is 11.1. The fourth-order valence-electron chi connectivity index (χ4n) is 4.02. The molecule has 13 heteroatoms. The number of amides is 3. The van der Waals surface area contributed by atoms with E-state index >= 15 is 0 Å². The molecule has 5 aromatic rings. The van der Waals surface area contributed by atoms with Gasteiger partial charge in [0.2, 0.25) is 5.91 Å². The normalized spacial score (nSPS) is 11.2. The number of carbonyl (C=O) groups excluding carboxylic acids is 3. The van der Waals surface area contributed by atoms with Gasteiger partial charge in [0.15, 0.2) is 5.13 Å². The van der Waals surface area contributed by atoms with Crippen LogP contribution in [-0.4, -0.2) is 28.5 Å². The second-order valence-corrected chi connectivity index (χ2v) is 12.6. The second-order valence-electron chi connectivity index (χ2n) is 9.50. The maximum absolute atomic E-state index is 14.6. The van der Waals surface area contributed by atoms with Crippen LogP contribution in [-0.2, 0) is 9.59 Å². The zero-order valence-electron chi connectivity index (χ0n) is 23.5. The smallest absolute Gasteiger partial charge is 0.272 e. The van der Waals surface area contributed by atoms with Gasteiger partial charge in [-0.05, 0) is 60.7 Å². The van der Waals surface area contributed by atoms with Crippen LogP contribution in [0, 0.1) is 5.82 Å². The van der Waals surface area contributed by atoms with Crippen LogP contribution in [0.4, 0.5) is 15.2 Å². The number of thiazole rings is 1. The topological polar surface area (TPSA) is 100 Å². The summed E-state index contributed by atoms with van der Waals surface area (Å²) in [5, 5.41) is 11.2. The zero-order chi connectivity index (χ0) is 32.6. The number of carbonyl (C=O) groups is 3. The van der Waals surface area contributed by atoms with Crippen molar-refractivity contribution in [1.29, 1.82) is 0 Å². The third kappa shape index (κ3) is 8.74. The monoisotopic (exact) mass is 710 g/mol. The van der Waals surface area contributed by atoms with Gasteiger partial charge in [0.1, 0.15) is 11.5 Å². The first-order valence-electron chi connectivity index (χ1n) is 13.4. The minimum atomic E-state index is -0.704. The molecule has 0 atom stereocenters. The number of benzene rings is 4. The lowest BCUT2D eigenvalue weighted by Crippen LogP contribution is -2.30. The van der Waals surface area contributed by atoms with Gasteiger partial charge in [0.05, 0.1) is 26.5 Å². The van der Waals surface area contributed by atoms with E-state index < -0.39 is 17.6 Å². The summed E-state index contributed by atoms with van der Waals surface area (Å²) in [5.41, 5.74) is 1.85. The van der Waals surface area contributed by atoms with Crippen molar-refractivity contribution in [2.75, 3.05) is 16.4 Å². The number of anilines is 2. The molecule has 3 N–H and O–H groups in total. The fraction of sp³-hybridized carbons (Fsp3) is 0.0303. The largest absolute Gasteiger partial charge is 0.321 e. The highest BCUT2D eigenvalue weighted by Gasteiger charge is 2.18. The van der Waals surface area contributed by atoms with Gasteiger partial charge in [-0.25, -0.2) is 9.37 Å². The number of halogens is 4. The highest BCUT2D eigenvalue weighted by Crippen LogP contribution is 2.31. The van der Waals surface area contributed by atoms with Gasteiger partial charge in [-0.15, -0.1) is 23.1 Å². The number of nitrogens with zero attached hydrogens (tertiary/aromatic N) is 1. The van der Waals surface area contributed by atoms with Crippen LogP contribution in [0.1, 0.15) is 15.9 Å². The number of nitrogens with one attached hydrogen (secondary N) is 3. The first-order chi connectivity index (χ1) is 22.2. The molecule has 4 aromatic carbocycles. The molecular formula is C33H22Cl3FN4O3S2. The molecule has 0 radical (unpaired) electrons. The van der Waals surface area contributed by atoms with Gasteiger partial charge >= 0.3 is 0 Å². The summed E-state index contributed by atoms with van der Waals surface area (Å²) in [6, 6.07) is 24.4. The molecule has 1 heterocycles. The Morgan fingerprint density at radius 2 is 1.63 bits per heavy atom. The molecule has 0 unspecified atom stereocenters. The molecule has 1 aromatic heterocycles. The van der Waals surface area contributed by atoms with Crippen molar-refractivity contribution < 1.29 is 18.8 Å². The number of hydrogen-bond donors (Lipinski definition) is 3. The van der Waals surface area contributed by atoms with E-state index in [1.807, 2.05) is 0 Å². The average Bonchev–Trinajstić information content (AvgIpc) is 3.51. The van der Waals surface area contributed by atoms with Crippen molar-refractivity contribution in [3.8, 4) is 11.3 Å². The van der Waals surface area contributed by atoms with Gasteiger partial charge in [0, 0.05) is 32.7 Å². The summed E-state index contributed by atoms with van der Waals surface area (Å²) in [5.74, 6) is -2.13. The molecule has 0 bridgehead atoms. The third-order valence-corrected chi connectivity index (χ3v) is 9.07. The van der Waals surface area contributed by atoms with Gasteiger partial charge in [-0.3, -0.25) is 14.4 Å². The molecule has 0 saturated heterocycles. The fourth-order valence-corrected chi connectivity index (χ4v) is 6.03. The van der Waals surface area contributed by atoms with Crippen LogP contribution in [0.2, 0.25) is 15.1 Å². The second kappa shape index (κ2) is 15.4. The highest BCUT2D eigenvalue weighted by atomic mass is 35.5. The summed E-state index contributed by atoms with van der Waals surface area (Å²) in [6.07, 6.45) is 1.18. The van der Waals surface area contributed by atoms with Gasteiger partial charge in [-0.1, -0.05) is 71.2 Å². The first-order valence-corrected chi connectivity index (χ1v) is 16.4. The Balaban J connectivity index is 1.24. The molecular weight excluding hydrogens is 690 g/mol. The summed E-state index contributed by atoms with van der Waals surface area (Å²) >= 11 is 20.8. The van der Waals surface area contributed by atoms with Crippen LogP contribution in [0.15, 0.2) is 107 Å². The molecule has 46 heavy (non-hydrogen) atoms. The minimum Gasteiger partial charge on any atom is -0.321 e. The number of thioether (sulfide) groups is 1. The molecule has 0 aliphatic heterocycles. The van der Waals surface area contributed by atoms with Crippen molar-refractivity contribution in [3.63, 3.8) is 0 Å². The van der Waals surface area contributed by atoms with Gasteiger partial charge in [-0.2, -0.15) is 0 Å². The Hall–Kier alpha value is -4.19. The predicted molar refractivity (Wildman–Crippen MR) is 185 cm³/mol. The van der Waals surface area contributed by atoms with Crippen LogP contribution in [0.5, 0.6) is 0 Å². The summed E-state index contributed by atoms with van der Waals surface area (Å²) in [7, 11) is 0. The summed E-state index contributed by atoms with van der Waals surface area (Å²) in [6.45, 7) is 0. The molecule has 0 spiro atoms. The van der Waals surface area contributed by atoms with Gasteiger partial charge in [0.25, 0.3) is 11.8 Å². The van der Waals surface area contributed by atoms with Crippen molar-refractivity contribution in [1.82, 2.24) is 10.3 Å². The SMILES string of the molecule is O=C(CSc1cccc(NC(=O)/C(=C\c2c(F)cccc2Cl)NC(=O)c2ccccc2)c1)Nc1nc(-c2ccc(Cl)c(Cl)c2)cs1. The van der Waals surface area contributed by atoms with E-state index in [4.69, 9.17) is 34.8 Å². The number of hydrogen-bond acceptors (Lipinski definition) is 6. The van der Waals surface area contributed by atoms with Crippen LogP contribution < -0.4 is 16.0 Å². The number of rotatable bonds is 10. The highest BCUT2D eigenvalue weighted by molar-refractivity contribution is 8.00. The molecule has 0 saturated carbocycles. The molecule has 5 rings (SSSR count). The quantitative estimate of drug-likeness (QED) is 0.0992. The van der Waals surface area contributed by atoms with E-state index in [9.17, 15) is 18.8 Å². The van der Waals surface area contributed by atoms with Crippen molar-refractivity contribution in [2.45, 2.75) is 4.90 Å². The molecule has 232 valence electrons. The molecule has 0 fully saturated rings. The Morgan fingerprint density at radius 1 is 0.848 bits per heavy atom. The van der Waals surface area contributed by atoms with Crippen LogP contribution in [0.25, 0.3) is 17.3 Å². The average molecular weight is 712 g/mol. The lowest BCUT2D eigenvalue weighted by atomic mass is 10.1. The van der Waals surface area contributed by atoms with Crippen molar-refractivity contribution in [3.05, 3.63) is 134 Å². The van der Waals surface area contributed by atoms with Crippen LogP contribution in [0.3, 0.4) is 0 Å². The Morgan fingerprint density at radius 3 is 2.39 bits per heavy atom. The molecule has 0 aliphatic carbocycles. The molecule has 0 aliphatic rings. The minimum absolute atomic E-state index is 0.0534. The lowest BCUT2D eigenvalue weighted by molar-refractivity contribution is -0.114. The summed E-state index contributed by atoms with van der Waals surface area (Å²) < 4.78 is 14.6. The maximum Gasteiger partial charge on any atom is 0.272 e. The maximum atomic E-state index is 14.6. The van der Waals surface area contributed by atoms with Gasteiger partial charge < -0.3 is 16.0 Å². The first kappa shape index (κ1) is 33.2. The Labute approximate surface area is 286 Å². The number of aromatic nitrogens is 1. The van der Waals surface area contributed by atoms with E-state index in [0.717, 1.165) is 5.56 Å². The van der Waals surface area contributed by atoms with E-state index in [1.165, 1.54) is 47.4 Å². The van der Waals surface area contributed by atoms with E-state index in [0.29, 0.717) is 37.0 Å². The van der Waals surface area contributed by atoms with Crippen molar-refractivity contribution in [2.24, 2.45) is 0 Å².